The summed E-state index contributed by atoms with van der Waals surface area (Å²) in [6.45, 7) is 6.42. The molecule has 0 spiro atoms. The van der Waals surface area contributed by atoms with Gasteiger partial charge in [0.2, 0.25) is 0 Å². The molecule has 0 aromatic rings. The number of ether oxygens (including phenoxy) is 1. The predicted octanol–water partition coefficient (Wildman–Crippen LogP) is 0.960. The number of nitrogens with zero attached hydrogens (tertiary/aromatic N) is 1. The van der Waals surface area contributed by atoms with Gasteiger partial charge in [0, 0.05) is 19.1 Å². The van der Waals surface area contributed by atoms with Crippen LogP contribution in [0.25, 0.3) is 0 Å². The zero-order valence-electron chi connectivity index (χ0n) is 9.40. The molecule has 0 aromatic heterocycles. The summed E-state index contributed by atoms with van der Waals surface area (Å²) >= 11 is 0. The summed E-state index contributed by atoms with van der Waals surface area (Å²) in [6, 6.07) is 0.475. The average Bonchev–Trinajstić information content (AvgIpc) is 2.97. The first-order valence-electron chi connectivity index (χ1n) is 5.61. The molecule has 2 fully saturated rings. The summed E-state index contributed by atoms with van der Waals surface area (Å²) in [5, 5.41) is 8.90. The van der Waals surface area contributed by atoms with Crippen molar-refractivity contribution in [3.63, 3.8) is 0 Å². The molecule has 0 amide bonds. The van der Waals surface area contributed by atoms with Gasteiger partial charge in [0.25, 0.3) is 0 Å². The van der Waals surface area contributed by atoms with E-state index in [2.05, 4.69) is 18.7 Å². The molecule has 86 valence electrons. The molecule has 4 nitrogen and oxygen atoms in total. The normalized spacial score (nSPS) is 32.3. The number of aliphatic carboxylic acids is 1. The van der Waals surface area contributed by atoms with Crippen LogP contribution in [0, 0.1) is 5.41 Å². The van der Waals surface area contributed by atoms with Crippen molar-refractivity contribution >= 4 is 5.97 Å². The Morgan fingerprint density at radius 3 is 2.80 bits per heavy atom. The SMILES string of the molecule is CC(N1CCOC(C(=O)O)C1)C1(C)CC1. The quantitative estimate of drug-likeness (QED) is 0.758. The largest absolute Gasteiger partial charge is 0.479 e. The minimum atomic E-state index is -0.840. The fourth-order valence-electron chi connectivity index (χ4n) is 2.23. The molecule has 4 heteroatoms. The molecule has 2 unspecified atom stereocenters. The molecular formula is C11H19NO3. The fraction of sp³-hybridized carbons (Fsp3) is 0.909. The van der Waals surface area contributed by atoms with Crippen molar-refractivity contribution in [3.8, 4) is 0 Å². The molecule has 1 N–H and O–H groups in total. The maximum absolute atomic E-state index is 10.8. The van der Waals surface area contributed by atoms with Crippen molar-refractivity contribution in [1.29, 1.82) is 0 Å². The molecule has 15 heavy (non-hydrogen) atoms. The first kappa shape index (κ1) is 10.9. The lowest BCUT2D eigenvalue weighted by Crippen LogP contribution is -2.51. The average molecular weight is 213 g/mol. The van der Waals surface area contributed by atoms with Gasteiger partial charge in [-0.15, -0.1) is 0 Å². The lowest BCUT2D eigenvalue weighted by atomic mass is 9.98. The molecule has 1 saturated carbocycles. The van der Waals surface area contributed by atoms with Crippen LogP contribution in [-0.2, 0) is 9.53 Å². The van der Waals surface area contributed by atoms with Gasteiger partial charge in [-0.1, -0.05) is 6.92 Å². The predicted molar refractivity (Wildman–Crippen MR) is 55.8 cm³/mol. The smallest absolute Gasteiger partial charge is 0.334 e. The molecule has 1 aliphatic heterocycles. The van der Waals surface area contributed by atoms with E-state index in [9.17, 15) is 4.79 Å². The monoisotopic (exact) mass is 213 g/mol. The summed E-state index contributed by atoms with van der Waals surface area (Å²) < 4.78 is 5.21. The van der Waals surface area contributed by atoms with Gasteiger partial charge in [-0.2, -0.15) is 0 Å². The van der Waals surface area contributed by atoms with Crippen LogP contribution in [0.3, 0.4) is 0 Å². The molecule has 1 heterocycles. The zero-order valence-corrected chi connectivity index (χ0v) is 9.40. The fourth-order valence-corrected chi connectivity index (χ4v) is 2.23. The minimum Gasteiger partial charge on any atom is -0.479 e. The van der Waals surface area contributed by atoms with E-state index in [1.54, 1.807) is 0 Å². The Labute approximate surface area is 90.2 Å². The van der Waals surface area contributed by atoms with Gasteiger partial charge in [-0.3, -0.25) is 4.90 Å². The third kappa shape index (κ3) is 2.16. The lowest BCUT2D eigenvalue weighted by Gasteiger charge is -2.38. The Hall–Kier alpha value is -0.610. The second kappa shape index (κ2) is 3.76. The van der Waals surface area contributed by atoms with Crippen molar-refractivity contribution in [1.82, 2.24) is 4.90 Å². The standard InChI is InChI=1S/C11H19NO3/c1-8(11(2)3-4-11)12-5-6-15-9(7-12)10(13)14/h8-9H,3-7H2,1-2H3,(H,13,14). The zero-order chi connectivity index (χ0) is 11.1. The van der Waals surface area contributed by atoms with Crippen LogP contribution in [0.2, 0.25) is 0 Å². The topological polar surface area (TPSA) is 49.8 Å². The van der Waals surface area contributed by atoms with Crippen LogP contribution < -0.4 is 0 Å². The van der Waals surface area contributed by atoms with Crippen LogP contribution in [0.5, 0.6) is 0 Å². The van der Waals surface area contributed by atoms with E-state index in [1.807, 2.05) is 0 Å². The van der Waals surface area contributed by atoms with Gasteiger partial charge < -0.3 is 9.84 Å². The number of rotatable bonds is 3. The Morgan fingerprint density at radius 1 is 1.60 bits per heavy atom. The first-order valence-corrected chi connectivity index (χ1v) is 5.61. The Kier molecular flexibility index (Phi) is 2.73. The van der Waals surface area contributed by atoms with Gasteiger partial charge in [0.1, 0.15) is 0 Å². The molecule has 1 aliphatic carbocycles. The molecular weight excluding hydrogens is 194 g/mol. The number of carboxylic acid groups (broad SMARTS) is 1. The van der Waals surface area contributed by atoms with Crippen LogP contribution in [0.4, 0.5) is 0 Å². The van der Waals surface area contributed by atoms with E-state index in [0.29, 0.717) is 24.6 Å². The summed E-state index contributed by atoms with van der Waals surface area (Å²) in [5.41, 5.74) is 0.417. The maximum Gasteiger partial charge on any atom is 0.334 e. The molecule has 2 rings (SSSR count). The third-order valence-electron chi connectivity index (χ3n) is 3.97. The van der Waals surface area contributed by atoms with Crippen molar-refractivity contribution in [2.45, 2.75) is 38.8 Å². The summed E-state index contributed by atoms with van der Waals surface area (Å²) in [7, 11) is 0. The van der Waals surface area contributed by atoms with Crippen LogP contribution in [0.15, 0.2) is 0 Å². The Bertz CT molecular complexity index is 263. The molecule has 0 aromatic carbocycles. The van der Waals surface area contributed by atoms with Gasteiger partial charge in [-0.25, -0.2) is 4.79 Å². The Morgan fingerprint density at radius 2 is 2.27 bits per heavy atom. The molecule has 0 radical (unpaired) electrons. The second-order valence-corrected chi connectivity index (χ2v) is 5.02. The van der Waals surface area contributed by atoms with Crippen LogP contribution >= 0.6 is 0 Å². The van der Waals surface area contributed by atoms with E-state index in [0.717, 1.165) is 6.54 Å². The highest BCUT2D eigenvalue weighted by Crippen LogP contribution is 2.49. The van der Waals surface area contributed by atoms with Crippen molar-refractivity contribution in [2.75, 3.05) is 19.7 Å². The van der Waals surface area contributed by atoms with Crippen molar-refractivity contribution in [3.05, 3.63) is 0 Å². The number of morpholine rings is 1. The van der Waals surface area contributed by atoms with Gasteiger partial charge in [-0.05, 0) is 25.2 Å². The maximum atomic E-state index is 10.8. The number of carboxylic acids is 1. The van der Waals surface area contributed by atoms with Gasteiger partial charge in [0.05, 0.1) is 6.61 Å². The van der Waals surface area contributed by atoms with E-state index in [4.69, 9.17) is 9.84 Å². The summed E-state index contributed by atoms with van der Waals surface area (Å²) in [5.74, 6) is -0.840. The highest BCUT2D eigenvalue weighted by molar-refractivity contribution is 5.72. The number of hydrogen-bond acceptors (Lipinski definition) is 3. The second-order valence-electron chi connectivity index (χ2n) is 5.02. The van der Waals surface area contributed by atoms with E-state index in [-0.39, 0.29) is 0 Å². The Balaban J connectivity index is 1.95. The molecule has 2 aliphatic rings. The molecule has 2 atom stereocenters. The van der Waals surface area contributed by atoms with E-state index >= 15 is 0 Å². The van der Waals surface area contributed by atoms with E-state index < -0.39 is 12.1 Å². The molecule has 0 bridgehead atoms. The number of hydrogen-bond donors (Lipinski definition) is 1. The van der Waals surface area contributed by atoms with Crippen molar-refractivity contribution in [2.24, 2.45) is 5.41 Å². The van der Waals surface area contributed by atoms with Crippen LogP contribution in [0.1, 0.15) is 26.7 Å². The highest BCUT2D eigenvalue weighted by atomic mass is 16.5. The van der Waals surface area contributed by atoms with Crippen LogP contribution in [-0.4, -0.2) is 47.8 Å². The van der Waals surface area contributed by atoms with E-state index in [1.165, 1.54) is 12.8 Å². The van der Waals surface area contributed by atoms with Crippen molar-refractivity contribution < 1.29 is 14.6 Å². The summed E-state index contributed by atoms with van der Waals surface area (Å²) in [6.07, 6.45) is 1.90. The number of carbonyl (C=O) groups is 1. The first-order chi connectivity index (χ1) is 7.03. The van der Waals surface area contributed by atoms with Gasteiger partial charge >= 0.3 is 5.97 Å². The minimum absolute atomic E-state index is 0.417. The third-order valence-corrected chi connectivity index (χ3v) is 3.97. The summed E-state index contributed by atoms with van der Waals surface area (Å²) in [4.78, 5) is 13.1. The molecule has 1 saturated heterocycles. The highest BCUT2D eigenvalue weighted by Gasteiger charge is 2.46. The van der Waals surface area contributed by atoms with Gasteiger partial charge in [0.15, 0.2) is 6.10 Å². The lowest BCUT2D eigenvalue weighted by molar-refractivity contribution is -0.157.